The van der Waals surface area contributed by atoms with Gasteiger partial charge in [-0.2, -0.15) is 0 Å². The van der Waals surface area contributed by atoms with E-state index in [1.165, 1.54) is 83.5 Å². The van der Waals surface area contributed by atoms with Gasteiger partial charge in [-0.25, -0.2) is 0 Å². The summed E-state index contributed by atoms with van der Waals surface area (Å²) in [6.07, 6.45) is 19.9. The Balaban J connectivity index is -0.00000180. The standard InChI is InChI=1S/C18H36O2.K.Pb.2H/c1-2-3-4-5-6-7-8-9-10-11-12-13-14-15-16-17-18(19)20;;;;/h2-17H2,1H3,(H,19,20);;;;/q;+1;;;/p-1. The average molecular weight is 532 g/mol. The first-order chi connectivity index (χ1) is 9.77. The van der Waals surface area contributed by atoms with Crippen molar-refractivity contribution in [2.45, 2.75) is 110 Å². The number of carboxylic acid groups (broad SMARTS) is 1. The van der Waals surface area contributed by atoms with Gasteiger partial charge in [-0.1, -0.05) is 96.8 Å². The molecule has 0 amide bonds. The minimum atomic E-state index is -0.903. The van der Waals surface area contributed by atoms with E-state index in [0.29, 0.717) is 0 Å². The Morgan fingerprint density at radius 1 is 0.636 bits per heavy atom. The summed E-state index contributed by atoms with van der Waals surface area (Å²) in [5, 5.41) is 10.2. The van der Waals surface area contributed by atoms with Crippen molar-refractivity contribution >= 4 is 33.3 Å². The number of rotatable bonds is 16. The zero-order chi connectivity index (χ0) is 14.9. The van der Waals surface area contributed by atoms with Crippen LogP contribution in [0.25, 0.3) is 0 Å². The molecule has 0 aromatic rings. The quantitative estimate of drug-likeness (QED) is 0.221. The maximum absolute atomic E-state index is 10.2. The molecular weight excluding hydrogens is 494 g/mol. The summed E-state index contributed by atoms with van der Waals surface area (Å²) in [7, 11) is 0. The number of hydrogen-bond acceptors (Lipinski definition) is 2. The van der Waals surface area contributed by atoms with E-state index >= 15 is 0 Å². The first-order valence-electron chi connectivity index (χ1n) is 8.97. The SMILES string of the molecule is CCCCCCCCCCCCCCCCCC(=O)[O-].[K+].[PbH2]. The van der Waals surface area contributed by atoms with Gasteiger partial charge in [0.05, 0.1) is 0 Å². The Labute approximate surface area is 201 Å². The molecule has 4 heteroatoms. The second-order valence-electron chi connectivity index (χ2n) is 6.07. The molecule has 0 saturated heterocycles. The summed E-state index contributed by atoms with van der Waals surface area (Å²) in [6.45, 7) is 2.27. The first kappa shape index (κ1) is 28.8. The van der Waals surface area contributed by atoms with Crippen LogP contribution in [0.3, 0.4) is 0 Å². The topological polar surface area (TPSA) is 40.1 Å². The van der Waals surface area contributed by atoms with Crippen LogP contribution in [0.1, 0.15) is 110 Å². The normalized spacial score (nSPS) is 9.86. The summed E-state index contributed by atoms with van der Waals surface area (Å²) in [5.74, 6) is -0.903. The van der Waals surface area contributed by atoms with Crippen molar-refractivity contribution < 1.29 is 61.3 Å². The Morgan fingerprint density at radius 2 is 0.909 bits per heavy atom. The van der Waals surface area contributed by atoms with Gasteiger partial charge in [0.25, 0.3) is 0 Å². The summed E-state index contributed by atoms with van der Waals surface area (Å²) in [5.41, 5.74) is 0. The molecule has 0 heterocycles. The van der Waals surface area contributed by atoms with Crippen molar-refractivity contribution in [3.63, 3.8) is 0 Å². The number of aliphatic carboxylic acids is 1. The molecule has 2 radical (unpaired) electrons. The molecule has 0 aliphatic rings. The van der Waals surface area contributed by atoms with E-state index in [-0.39, 0.29) is 85.1 Å². The number of carboxylic acids is 1. The average Bonchev–Trinajstić information content (AvgIpc) is 2.43. The number of carbonyl (C=O) groups excluding carboxylic acids is 1. The van der Waals surface area contributed by atoms with Crippen LogP contribution in [0.4, 0.5) is 0 Å². The van der Waals surface area contributed by atoms with Gasteiger partial charge in [-0.3, -0.25) is 0 Å². The van der Waals surface area contributed by atoms with E-state index in [1.807, 2.05) is 0 Å². The van der Waals surface area contributed by atoms with E-state index in [0.717, 1.165) is 12.8 Å². The fourth-order valence-electron chi connectivity index (χ4n) is 2.64. The second kappa shape index (κ2) is 25.3. The van der Waals surface area contributed by atoms with Gasteiger partial charge >= 0.3 is 78.7 Å². The van der Waals surface area contributed by atoms with Crippen LogP contribution in [0, 0.1) is 0 Å². The molecule has 126 valence electrons. The number of unbranched alkanes of at least 4 members (excludes halogenated alkanes) is 14. The third kappa shape index (κ3) is 26.9. The van der Waals surface area contributed by atoms with Crippen LogP contribution < -0.4 is 56.5 Å². The monoisotopic (exact) mass is 532 g/mol. The summed E-state index contributed by atoms with van der Waals surface area (Å²) in [6, 6.07) is 0. The van der Waals surface area contributed by atoms with Gasteiger partial charge in [-0.05, 0) is 12.8 Å². The van der Waals surface area contributed by atoms with Crippen LogP contribution in [0.2, 0.25) is 0 Å². The molecule has 0 fully saturated rings. The molecular formula is C18H37KO2Pb. The molecule has 0 N–H and O–H groups in total. The predicted molar refractivity (Wildman–Crippen MR) is 93.1 cm³/mol. The van der Waals surface area contributed by atoms with Crippen molar-refractivity contribution in [2.75, 3.05) is 0 Å². The molecule has 0 aliphatic carbocycles. The van der Waals surface area contributed by atoms with E-state index in [2.05, 4.69) is 6.92 Å². The Kier molecular flexibility index (Phi) is 33.1. The third-order valence-electron chi connectivity index (χ3n) is 3.98. The molecule has 0 aromatic carbocycles. The van der Waals surface area contributed by atoms with Crippen LogP contribution >= 0.6 is 0 Å². The molecule has 0 spiro atoms. The van der Waals surface area contributed by atoms with Gasteiger partial charge in [0.15, 0.2) is 0 Å². The fraction of sp³-hybridized carbons (Fsp3) is 0.944. The number of carbonyl (C=O) groups is 1. The molecule has 0 rings (SSSR count). The van der Waals surface area contributed by atoms with E-state index in [4.69, 9.17) is 0 Å². The molecule has 0 unspecified atom stereocenters. The summed E-state index contributed by atoms with van der Waals surface area (Å²) in [4.78, 5) is 10.2. The van der Waals surface area contributed by atoms with Gasteiger partial charge in [0.1, 0.15) is 0 Å². The van der Waals surface area contributed by atoms with E-state index in [1.54, 1.807) is 0 Å². The van der Waals surface area contributed by atoms with Crippen molar-refractivity contribution in [3.05, 3.63) is 0 Å². The molecule has 0 bridgehead atoms. The van der Waals surface area contributed by atoms with Crippen LogP contribution in [-0.4, -0.2) is 33.3 Å². The van der Waals surface area contributed by atoms with Crippen LogP contribution in [-0.2, 0) is 4.79 Å². The Hall–Kier alpha value is 2.03. The van der Waals surface area contributed by atoms with Crippen LogP contribution in [0.15, 0.2) is 0 Å². The van der Waals surface area contributed by atoms with Gasteiger partial charge in [-0.15, -0.1) is 0 Å². The van der Waals surface area contributed by atoms with Gasteiger partial charge in [0, 0.05) is 5.97 Å². The fourth-order valence-corrected chi connectivity index (χ4v) is 2.64. The predicted octanol–water partition coefficient (Wildman–Crippen LogP) is 1.09. The number of hydrogen-bond donors (Lipinski definition) is 0. The molecule has 0 atom stereocenters. The van der Waals surface area contributed by atoms with E-state index < -0.39 is 5.97 Å². The van der Waals surface area contributed by atoms with E-state index in [9.17, 15) is 9.90 Å². The summed E-state index contributed by atoms with van der Waals surface area (Å²) >= 11 is 0. The van der Waals surface area contributed by atoms with Crippen molar-refractivity contribution in [3.8, 4) is 0 Å². The van der Waals surface area contributed by atoms with Crippen molar-refractivity contribution in [1.82, 2.24) is 0 Å². The van der Waals surface area contributed by atoms with Crippen molar-refractivity contribution in [1.29, 1.82) is 0 Å². The molecule has 0 aromatic heterocycles. The molecule has 2 nitrogen and oxygen atoms in total. The summed E-state index contributed by atoms with van der Waals surface area (Å²) < 4.78 is 0. The first-order valence-corrected chi connectivity index (χ1v) is 8.97. The third-order valence-corrected chi connectivity index (χ3v) is 3.98. The molecule has 0 aliphatic heterocycles. The Bertz CT molecular complexity index is 213. The van der Waals surface area contributed by atoms with Crippen LogP contribution in [0.5, 0.6) is 0 Å². The molecule has 0 saturated carbocycles. The minimum absolute atomic E-state index is 0. The Morgan fingerprint density at radius 3 is 1.18 bits per heavy atom. The van der Waals surface area contributed by atoms with Gasteiger partial charge < -0.3 is 9.90 Å². The zero-order valence-corrected chi connectivity index (χ0v) is 24.0. The second-order valence-corrected chi connectivity index (χ2v) is 6.07. The maximum atomic E-state index is 10.2. The zero-order valence-electron chi connectivity index (χ0n) is 15.3. The van der Waals surface area contributed by atoms with Gasteiger partial charge in [0.2, 0.25) is 0 Å². The molecule has 22 heavy (non-hydrogen) atoms. The van der Waals surface area contributed by atoms with Crippen molar-refractivity contribution in [2.24, 2.45) is 0 Å².